The molecule has 0 unspecified atom stereocenters. The Labute approximate surface area is 224 Å². The Kier molecular flexibility index (Phi) is 7.89. The van der Waals surface area contributed by atoms with Crippen LogP contribution in [0.1, 0.15) is 17.0 Å². The normalized spacial score (nSPS) is 10.4. The summed E-state index contributed by atoms with van der Waals surface area (Å²) in [5.41, 5.74) is 8.06. The molecule has 0 N–H and O–H groups in total. The molecule has 0 aliphatic carbocycles. The van der Waals surface area contributed by atoms with Crippen LogP contribution in [-0.4, -0.2) is 19.5 Å². The van der Waals surface area contributed by atoms with E-state index in [-0.39, 0.29) is 20.1 Å². The van der Waals surface area contributed by atoms with E-state index in [1.165, 1.54) is 11.1 Å². The third-order valence-electron chi connectivity index (χ3n) is 5.64. The molecule has 0 aliphatic rings. The molecule has 0 fully saturated rings. The monoisotopic (exact) mass is 649 g/mol. The van der Waals surface area contributed by atoms with Gasteiger partial charge in [0.1, 0.15) is 0 Å². The van der Waals surface area contributed by atoms with E-state index >= 15 is 0 Å². The molecule has 5 nitrogen and oxygen atoms in total. The molecule has 0 saturated heterocycles. The fourth-order valence-electron chi connectivity index (χ4n) is 4.06. The topological polar surface area (TPSA) is 56.7 Å². The second-order valence-corrected chi connectivity index (χ2v) is 8.18. The molecule has 36 heavy (non-hydrogen) atoms. The zero-order chi connectivity index (χ0) is 24.2. The molecule has 0 saturated carbocycles. The molecule has 3 aromatic heterocycles. The maximum Gasteiger partial charge on any atom is 0.180 e. The standard InChI is InChI=1S/C19H16N3O.C11H8N.Ir/c1-12-5-4-6-13(2)18(12)22-10-9-20-19(22)15-7-8-17-16(11-15)21-14(3)23-17;1-2-6-10(7-3-1)11-8-4-5-9-12-11;/h4-6,8-11H,1-3H3;1-6,8-9H;/q2*-1;. The van der Waals surface area contributed by atoms with Crippen LogP contribution in [0.3, 0.4) is 0 Å². The van der Waals surface area contributed by atoms with Gasteiger partial charge >= 0.3 is 0 Å². The van der Waals surface area contributed by atoms with Gasteiger partial charge in [0.05, 0.1) is 11.4 Å². The molecular formula is C30H24IrN4O-2. The maximum atomic E-state index is 5.52. The molecule has 6 rings (SSSR count). The van der Waals surface area contributed by atoms with Crippen LogP contribution >= 0.6 is 0 Å². The minimum absolute atomic E-state index is 0. The van der Waals surface area contributed by atoms with E-state index in [0.717, 1.165) is 39.4 Å². The van der Waals surface area contributed by atoms with Gasteiger partial charge in [-0.15, -0.1) is 59.7 Å². The quantitative estimate of drug-likeness (QED) is 0.195. The van der Waals surface area contributed by atoms with Crippen LogP contribution in [0.15, 0.2) is 95.8 Å². The number of hydrogen-bond acceptors (Lipinski definition) is 4. The Bertz CT molecular complexity index is 1520. The van der Waals surface area contributed by atoms with Gasteiger partial charge in [0.15, 0.2) is 5.89 Å². The number of hydrogen-bond donors (Lipinski definition) is 0. The van der Waals surface area contributed by atoms with Crippen LogP contribution < -0.4 is 0 Å². The van der Waals surface area contributed by atoms with Crippen LogP contribution in [0.2, 0.25) is 0 Å². The SMILES string of the molecule is Cc1nc2cc(-c3nccn3-c3c(C)cccc3C)[c-]cc2o1.[Ir].[c-]1ccccc1-c1ccccn1. The van der Waals surface area contributed by atoms with Gasteiger partial charge in [0.25, 0.3) is 0 Å². The molecule has 3 aromatic carbocycles. The molecule has 1 radical (unpaired) electrons. The third kappa shape index (κ3) is 5.35. The van der Waals surface area contributed by atoms with Gasteiger partial charge in [0.2, 0.25) is 0 Å². The Morgan fingerprint density at radius 3 is 2.33 bits per heavy atom. The van der Waals surface area contributed by atoms with Gasteiger partial charge in [-0.3, -0.25) is 4.98 Å². The smallest absolute Gasteiger partial charge is 0.180 e. The summed E-state index contributed by atoms with van der Waals surface area (Å²) in [7, 11) is 0. The average Bonchev–Trinajstić information content (AvgIpc) is 3.51. The molecule has 0 bridgehead atoms. The van der Waals surface area contributed by atoms with Crippen molar-refractivity contribution in [2.24, 2.45) is 0 Å². The minimum Gasteiger partial charge on any atom is -0.488 e. The number of fused-ring (bicyclic) bond motifs is 1. The van der Waals surface area contributed by atoms with Crippen molar-refractivity contribution >= 4 is 11.1 Å². The van der Waals surface area contributed by atoms with Crippen LogP contribution in [0.25, 0.3) is 39.4 Å². The first-order chi connectivity index (χ1) is 17.1. The van der Waals surface area contributed by atoms with Crippen LogP contribution in [0.4, 0.5) is 0 Å². The summed E-state index contributed by atoms with van der Waals surface area (Å²) in [4.78, 5) is 13.1. The molecule has 181 valence electrons. The van der Waals surface area contributed by atoms with Crippen molar-refractivity contribution in [3.8, 4) is 28.3 Å². The van der Waals surface area contributed by atoms with Gasteiger partial charge in [-0.1, -0.05) is 30.3 Å². The number of aromatic nitrogens is 4. The first kappa shape index (κ1) is 25.2. The van der Waals surface area contributed by atoms with Gasteiger partial charge < -0.3 is 14.0 Å². The molecule has 3 heterocycles. The molecular weight excluding hydrogens is 625 g/mol. The maximum absolute atomic E-state index is 5.52. The van der Waals surface area contributed by atoms with Crippen molar-refractivity contribution in [3.63, 3.8) is 0 Å². The first-order valence-corrected chi connectivity index (χ1v) is 11.4. The largest absolute Gasteiger partial charge is 0.488 e. The Morgan fingerprint density at radius 1 is 0.806 bits per heavy atom. The van der Waals surface area contributed by atoms with E-state index in [9.17, 15) is 0 Å². The van der Waals surface area contributed by atoms with Crippen LogP contribution in [-0.2, 0) is 20.1 Å². The zero-order valence-electron chi connectivity index (χ0n) is 20.2. The summed E-state index contributed by atoms with van der Waals surface area (Å²) >= 11 is 0. The van der Waals surface area contributed by atoms with Crippen molar-refractivity contribution in [2.75, 3.05) is 0 Å². The van der Waals surface area contributed by atoms with Gasteiger partial charge in [-0.25, -0.2) is 4.98 Å². The summed E-state index contributed by atoms with van der Waals surface area (Å²) in [6, 6.07) is 30.2. The first-order valence-electron chi connectivity index (χ1n) is 11.4. The summed E-state index contributed by atoms with van der Waals surface area (Å²) in [5, 5.41) is 0. The third-order valence-corrected chi connectivity index (χ3v) is 5.64. The second-order valence-electron chi connectivity index (χ2n) is 8.18. The summed E-state index contributed by atoms with van der Waals surface area (Å²) in [6.07, 6.45) is 5.58. The van der Waals surface area contributed by atoms with E-state index in [1.807, 2.05) is 73.9 Å². The number of pyridine rings is 1. The Hall–Kier alpha value is -3.86. The number of benzene rings is 3. The predicted molar refractivity (Wildman–Crippen MR) is 138 cm³/mol. The summed E-state index contributed by atoms with van der Waals surface area (Å²) in [6.45, 7) is 6.07. The number of nitrogens with zero attached hydrogens (tertiary/aromatic N) is 4. The van der Waals surface area contributed by atoms with Crippen LogP contribution in [0.5, 0.6) is 0 Å². The number of rotatable bonds is 3. The van der Waals surface area contributed by atoms with E-state index in [0.29, 0.717) is 5.89 Å². The molecule has 0 atom stereocenters. The second kappa shape index (κ2) is 11.3. The number of aryl methyl sites for hydroxylation is 3. The minimum atomic E-state index is 0. The Morgan fingerprint density at radius 2 is 1.61 bits per heavy atom. The Balaban J connectivity index is 0.000000198. The molecule has 6 aromatic rings. The number of para-hydroxylation sites is 1. The molecule has 6 heteroatoms. The summed E-state index contributed by atoms with van der Waals surface area (Å²) in [5.74, 6) is 1.51. The zero-order valence-corrected chi connectivity index (χ0v) is 22.6. The van der Waals surface area contributed by atoms with Gasteiger partial charge in [-0.2, -0.15) is 0 Å². The molecule has 0 aliphatic heterocycles. The van der Waals surface area contributed by atoms with E-state index in [1.54, 1.807) is 6.20 Å². The molecule has 0 amide bonds. The average molecular weight is 649 g/mol. The van der Waals surface area contributed by atoms with E-state index in [2.05, 4.69) is 63.7 Å². The van der Waals surface area contributed by atoms with Gasteiger partial charge in [-0.05, 0) is 36.7 Å². The van der Waals surface area contributed by atoms with Gasteiger partial charge in [0, 0.05) is 56.8 Å². The predicted octanol–water partition coefficient (Wildman–Crippen LogP) is 6.95. The van der Waals surface area contributed by atoms with Crippen molar-refractivity contribution in [3.05, 3.63) is 121 Å². The van der Waals surface area contributed by atoms with Crippen LogP contribution in [0, 0.1) is 32.9 Å². The number of imidazole rings is 1. The van der Waals surface area contributed by atoms with Crippen molar-refractivity contribution in [1.29, 1.82) is 0 Å². The van der Waals surface area contributed by atoms with E-state index < -0.39 is 0 Å². The molecule has 0 spiro atoms. The van der Waals surface area contributed by atoms with Crippen molar-refractivity contribution < 1.29 is 24.5 Å². The van der Waals surface area contributed by atoms with Crippen molar-refractivity contribution in [2.45, 2.75) is 20.8 Å². The summed E-state index contributed by atoms with van der Waals surface area (Å²) < 4.78 is 7.63. The van der Waals surface area contributed by atoms with Crippen molar-refractivity contribution in [1.82, 2.24) is 19.5 Å². The fraction of sp³-hybridized carbons (Fsp3) is 0.100. The fourth-order valence-corrected chi connectivity index (χ4v) is 4.06. The number of oxazole rings is 1. The van der Waals surface area contributed by atoms with E-state index in [4.69, 9.17) is 4.42 Å².